The Kier molecular flexibility index (Phi) is 6.46. The number of aromatic nitrogens is 1. The van der Waals surface area contributed by atoms with Gasteiger partial charge in [0.2, 0.25) is 5.91 Å². The SMILES string of the molecule is CN(CC(=O)Nc1ccccc1Cl)C(=O)c1cccn(Cc2ccccc2)c1=O. The van der Waals surface area contributed by atoms with Crippen molar-refractivity contribution in [3.05, 3.63) is 99.4 Å². The molecule has 0 aliphatic rings. The Morgan fingerprint density at radius 1 is 1.00 bits per heavy atom. The fourth-order valence-corrected chi connectivity index (χ4v) is 3.03. The second-order valence-electron chi connectivity index (χ2n) is 6.53. The van der Waals surface area contributed by atoms with Gasteiger partial charge in [-0.3, -0.25) is 14.4 Å². The van der Waals surface area contributed by atoms with E-state index in [1.807, 2.05) is 30.3 Å². The van der Waals surface area contributed by atoms with Gasteiger partial charge in [-0.15, -0.1) is 0 Å². The zero-order chi connectivity index (χ0) is 20.8. The number of hydrogen-bond donors (Lipinski definition) is 1. The van der Waals surface area contributed by atoms with Crippen LogP contribution in [0.2, 0.25) is 5.02 Å². The summed E-state index contributed by atoms with van der Waals surface area (Å²) in [5.41, 5.74) is 1.02. The van der Waals surface area contributed by atoms with E-state index in [1.165, 1.54) is 22.6 Å². The number of halogens is 1. The monoisotopic (exact) mass is 409 g/mol. The number of nitrogens with zero attached hydrogens (tertiary/aromatic N) is 2. The van der Waals surface area contributed by atoms with Crippen molar-refractivity contribution in [3.8, 4) is 0 Å². The van der Waals surface area contributed by atoms with E-state index in [1.54, 1.807) is 36.5 Å². The molecule has 2 aromatic carbocycles. The van der Waals surface area contributed by atoms with Gasteiger partial charge in [0.1, 0.15) is 5.56 Å². The van der Waals surface area contributed by atoms with E-state index < -0.39 is 17.4 Å². The second kappa shape index (κ2) is 9.21. The van der Waals surface area contributed by atoms with Crippen molar-refractivity contribution in [2.75, 3.05) is 18.9 Å². The van der Waals surface area contributed by atoms with E-state index in [4.69, 9.17) is 11.6 Å². The summed E-state index contributed by atoms with van der Waals surface area (Å²) in [4.78, 5) is 38.9. The molecule has 0 spiro atoms. The van der Waals surface area contributed by atoms with Gasteiger partial charge >= 0.3 is 0 Å². The summed E-state index contributed by atoms with van der Waals surface area (Å²) in [7, 11) is 1.47. The van der Waals surface area contributed by atoms with Crippen LogP contribution in [0.15, 0.2) is 77.7 Å². The van der Waals surface area contributed by atoms with E-state index in [0.29, 0.717) is 17.3 Å². The van der Waals surface area contributed by atoms with Gasteiger partial charge in [-0.25, -0.2) is 0 Å². The number of hydrogen-bond acceptors (Lipinski definition) is 3. The van der Waals surface area contributed by atoms with Gasteiger partial charge in [-0.05, 0) is 29.8 Å². The van der Waals surface area contributed by atoms with Gasteiger partial charge < -0.3 is 14.8 Å². The fourth-order valence-electron chi connectivity index (χ4n) is 2.85. The molecule has 148 valence electrons. The molecule has 6 nitrogen and oxygen atoms in total. The molecule has 3 rings (SSSR count). The molecule has 1 aromatic heterocycles. The van der Waals surface area contributed by atoms with Crippen molar-refractivity contribution in [1.82, 2.24) is 9.47 Å². The van der Waals surface area contributed by atoms with E-state index in [9.17, 15) is 14.4 Å². The number of amides is 2. The number of carbonyl (C=O) groups is 2. The van der Waals surface area contributed by atoms with Gasteiger partial charge in [0.05, 0.1) is 23.8 Å². The van der Waals surface area contributed by atoms with Gasteiger partial charge in [0.15, 0.2) is 0 Å². The summed E-state index contributed by atoms with van der Waals surface area (Å²) in [5, 5.41) is 3.06. The molecule has 1 N–H and O–H groups in total. The lowest BCUT2D eigenvalue weighted by molar-refractivity contribution is -0.116. The number of pyridine rings is 1. The lowest BCUT2D eigenvalue weighted by Gasteiger charge is -2.17. The van der Waals surface area contributed by atoms with Gasteiger partial charge in [-0.2, -0.15) is 0 Å². The quantitative estimate of drug-likeness (QED) is 0.679. The molecule has 0 radical (unpaired) electrons. The zero-order valence-corrected chi connectivity index (χ0v) is 16.6. The lowest BCUT2D eigenvalue weighted by atomic mass is 10.2. The van der Waals surface area contributed by atoms with Crippen LogP contribution in [0, 0.1) is 0 Å². The minimum atomic E-state index is -0.522. The lowest BCUT2D eigenvalue weighted by Crippen LogP contribution is -2.38. The summed E-state index contributed by atoms with van der Waals surface area (Å²) >= 11 is 6.03. The first-order valence-corrected chi connectivity index (χ1v) is 9.36. The Labute approximate surface area is 173 Å². The maximum atomic E-state index is 12.7. The molecule has 2 amide bonds. The van der Waals surface area contributed by atoms with Crippen LogP contribution in [0.25, 0.3) is 0 Å². The fraction of sp³-hybridized carbons (Fsp3) is 0.136. The highest BCUT2D eigenvalue weighted by molar-refractivity contribution is 6.33. The average molecular weight is 410 g/mol. The van der Waals surface area contributed by atoms with Crippen molar-refractivity contribution in [3.63, 3.8) is 0 Å². The molecule has 0 fully saturated rings. The minimum absolute atomic E-state index is 0.0106. The van der Waals surface area contributed by atoms with Crippen LogP contribution in [0.5, 0.6) is 0 Å². The molecule has 29 heavy (non-hydrogen) atoms. The zero-order valence-electron chi connectivity index (χ0n) is 15.8. The maximum Gasteiger partial charge on any atom is 0.263 e. The molecule has 0 unspecified atom stereocenters. The number of anilines is 1. The minimum Gasteiger partial charge on any atom is -0.332 e. The smallest absolute Gasteiger partial charge is 0.263 e. The number of carbonyl (C=O) groups excluding carboxylic acids is 2. The molecular weight excluding hydrogens is 390 g/mol. The second-order valence-corrected chi connectivity index (χ2v) is 6.94. The molecule has 7 heteroatoms. The molecule has 1 heterocycles. The van der Waals surface area contributed by atoms with Crippen LogP contribution >= 0.6 is 11.6 Å². The third-order valence-electron chi connectivity index (χ3n) is 4.32. The maximum absolute atomic E-state index is 12.7. The van der Waals surface area contributed by atoms with Crippen LogP contribution in [0.1, 0.15) is 15.9 Å². The number of para-hydroxylation sites is 1. The van der Waals surface area contributed by atoms with Crippen molar-refractivity contribution in [1.29, 1.82) is 0 Å². The van der Waals surface area contributed by atoms with E-state index in [-0.39, 0.29) is 12.1 Å². The van der Waals surface area contributed by atoms with E-state index in [2.05, 4.69) is 5.32 Å². The molecular formula is C22H20ClN3O3. The Bertz CT molecular complexity index is 1080. The Morgan fingerprint density at radius 2 is 1.69 bits per heavy atom. The number of benzene rings is 2. The first-order valence-electron chi connectivity index (χ1n) is 8.99. The summed E-state index contributed by atoms with van der Waals surface area (Å²) in [6.45, 7) is 0.147. The van der Waals surface area contributed by atoms with Crippen LogP contribution in [0.3, 0.4) is 0 Å². The summed E-state index contributed by atoms with van der Waals surface area (Å²) in [6, 6.07) is 19.4. The topological polar surface area (TPSA) is 71.4 Å². The molecule has 0 aliphatic carbocycles. The number of nitrogens with one attached hydrogen (secondary N) is 1. The van der Waals surface area contributed by atoms with Crippen molar-refractivity contribution >= 4 is 29.1 Å². The highest BCUT2D eigenvalue weighted by Crippen LogP contribution is 2.20. The number of likely N-dealkylation sites (N-methyl/N-ethyl adjacent to an activating group) is 1. The Morgan fingerprint density at radius 3 is 2.41 bits per heavy atom. The van der Waals surface area contributed by atoms with Crippen molar-refractivity contribution < 1.29 is 9.59 Å². The third-order valence-corrected chi connectivity index (χ3v) is 4.65. The summed E-state index contributed by atoms with van der Waals surface area (Å²) in [5.74, 6) is -0.929. The molecule has 0 saturated heterocycles. The molecule has 0 aliphatic heterocycles. The Hall–Kier alpha value is -3.38. The van der Waals surface area contributed by atoms with Gasteiger partial charge in [0.25, 0.3) is 11.5 Å². The largest absolute Gasteiger partial charge is 0.332 e. The van der Waals surface area contributed by atoms with E-state index in [0.717, 1.165) is 5.56 Å². The molecule has 0 bridgehead atoms. The average Bonchev–Trinajstić information content (AvgIpc) is 2.71. The predicted molar refractivity (Wildman–Crippen MR) is 113 cm³/mol. The highest BCUT2D eigenvalue weighted by Gasteiger charge is 2.19. The number of rotatable bonds is 6. The first kappa shape index (κ1) is 20.4. The third kappa shape index (κ3) is 5.12. The van der Waals surface area contributed by atoms with Crippen LogP contribution in [-0.2, 0) is 11.3 Å². The molecule has 3 aromatic rings. The first-order chi connectivity index (χ1) is 14.0. The van der Waals surface area contributed by atoms with Crippen molar-refractivity contribution in [2.45, 2.75) is 6.54 Å². The normalized spacial score (nSPS) is 10.4. The summed E-state index contributed by atoms with van der Waals surface area (Å²) in [6.07, 6.45) is 1.64. The predicted octanol–water partition coefficient (Wildman–Crippen LogP) is 3.26. The Balaban J connectivity index is 1.71. The van der Waals surface area contributed by atoms with E-state index >= 15 is 0 Å². The standard InChI is InChI=1S/C22H20ClN3O3/c1-25(15-20(27)24-19-12-6-5-11-18(19)23)21(28)17-10-7-13-26(22(17)29)14-16-8-3-2-4-9-16/h2-13H,14-15H2,1H3,(H,24,27). The highest BCUT2D eigenvalue weighted by atomic mass is 35.5. The van der Waals surface area contributed by atoms with Gasteiger partial charge in [0, 0.05) is 13.2 Å². The summed E-state index contributed by atoms with van der Waals surface area (Å²) < 4.78 is 1.47. The molecule has 0 atom stereocenters. The van der Waals surface area contributed by atoms with Gasteiger partial charge in [-0.1, -0.05) is 54.1 Å². The van der Waals surface area contributed by atoms with Crippen LogP contribution in [0.4, 0.5) is 5.69 Å². The van der Waals surface area contributed by atoms with Crippen molar-refractivity contribution in [2.24, 2.45) is 0 Å². The molecule has 0 saturated carbocycles. The van der Waals surface area contributed by atoms with Crippen LogP contribution < -0.4 is 10.9 Å². The van der Waals surface area contributed by atoms with Crippen LogP contribution in [-0.4, -0.2) is 34.9 Å².